The molecule has 0 aliphatic carbocycles. The monoisotopic (exact) mass is 486 g/mol. The Labute approximate surface area is 168 Å². The molecule has 1 aromatic heterocycles. The van der Waals surface area contributed by atoms with E-state index in [1.807, 2.05) is 50.3 Å². The average molecular weight is 486 g/mol. The van der Waals surface area contributed by atoms with Crippen LogP contribution in [0.3, 0.4) is 0 Å². The summed E-state index contributed by atoms with van der Waals surface area (Å²) >= 11 is 1.96. The fourth-order valence-electron chi connectivity index (χ4n) is 2.16. The van der Waals surface area contributed by atoms with Crippen molar-refractivity contribution in [3.63, 3.8) is 0 Å². The van der Waals surface area contributed by atoms with E-state index in [4.69, 9.17) is 4.42 Å². The van der Waals surface area contributed by atoms with Crippen LogP contribution in [0, 0.1) is 3.57 Å². The largest absolute Gasteiger partial charge is 0.455 e. The second kappa shape index (κ2) is 9.87. The topological polar surface area (TPSA) is 64.3 Å². The van der Waals surface area contributed by atoms with E-state index in [1.54, 1.807) is 36.4 Å². The number of hydrogen-bond acceptors (Lipinski definition) is 4. The minimum Gasteiger partial charge on any atom is -0.455 e. The van der Waals surface area contributed by atoms with Gasteiger partial charge >= 0.3 is 0 Å². The lowest BCUT2D eigenvalue weighted by Gasteiger charge is -2.06. The van der Waals surface area contributed by atoms with Crippen molar-refractivity contribution in [2.45, 2.75) is 32.6 Å². The van der Waals surface area contributed by atoms with Crippen LogP contribution in [0.2, 0.25) is 0 Å². The Balaban J connectivity index is 0.000000791. The zero-order chi connectivity index (χ0) is 19.9. The van der Waals surface area contributed by atoms with E-state index in [9.17, 15) is 13.2 Å². The molecule has 1 heterocycles. The Morgan fingerprint density at radius 1 is 0.885 bits per heavy atom. The fraction of sp³-hybridized carbons (Fsp3) is 0.250. The maximum atomic E-state index is 12.4. The highest BCUT2D eigenvalue weighted by Crippen LogP contribution is 2.27. The van der Waals surface area contributed by atoms with E-state index < -0.39 is 9.84 Å². The molecule has 0 bridgehead atoms. The van der Waals surface area contributed by atoms with E-state index >= 15 is 0 Å². The summed E-state index contributed by atoms with van der Waals surface area (Å²) in [4.78, 5) is 12.6. The minimum absolute atomic E-state index is 0.0929. The molecule has 3 rings (SSSR count). The van der Waals surface area contributed by atoms with Gasteiger partial charge in [0, 0.05) is 11.8 Å². The quantitative estimate of drug-likeness (QED) is 0.448. The fourth-order valence-corrected chi connectivity index (χ4v) is 3.50. The van der Waals surface area contributed by atoms with Crippen LogP contribution >= 0.6 is 22.6 Å². The number of rotatable bonds is 2. The van der Waals surface area contributed by atoms with Crippen molar-refractivity contribution >= 4 is 43.4 Å². The molecule has 0 radical (unpaired) electrons. The molecule has 0 aliphatic rings. The maximum absolute atomic E-state index is 12.4. The molecule has 0 fully saturated rings. The molecule has 0 N–H and O–H groups in total. The van der Waals surface area contributed by atoms with Crippen molar-refractivity contribution < 1.29 is 12.8 Å². The second-order valence-electron chi connectivity index (χ2n) is 4.87. The first kappa shape index (κ1) is 22.4. The average Bonchev–Trinajstić information content (AvgIpc) is 2.67. The standard InChI is InChI=1S/C16H11IO4S.2C2H6/c1-22(19,20)11-8-6-10(7-9-11)16-14(17)15(18)12-4-2-3-5-13(12)21-16;2*1-2/h2-9H,1H3;2*1-2H3. The van der Waals surface area contributed by atoms with Gasteiger partial charge in [-0.15, -0.1) is 0 Å². The molecule has 2 aromatic carbocycles. The van der Waals surface area contributed by atoms with Crippen LogP contribution < -0.4 is 5.43 Å². The molecule has 0 atom stereocenters. The summed E-state index contributed by atoms with van der Waals surface area (Å²) in [5.74, 6) is 0.448. The van der Waals surface area contributed by atoms with Crippen LogP contribution in [-0.2, 0) is 9.84 Å². The van der Waals surface area contributed by atoms with Gasteiger partial charge in [-0.25, -0.2) is 8.42 Å². The highest BCUT2D eigenvalue weighted by Gasteiger charge is 2.14. The number of benzene rings is 2. The van der Waals surface area contributed by atoms with Gasteiger partial charge in [0.25, 0.3) is 0 Å². The van der Waals surface area contributed by atoms with E-state index in [0.29, 0.717) is 25.9 Å². The third-order valence-electron chi connectivity index (χ3n) is 3.29. The number of para-hydroxylation sites is 1. The first-order valence-electron chi connectivity index (χ1n) is 8.40. The van der Waals surface area contributed by atoms with Gasteiger partial charge < -0.3 is 4.42 Å². The van der Waals surface area contributed by atoms with Crippen LogP contribution in [0.25, 0.3) is 22.3 Å². The lowest BCUT2D eigenvalue weighted by atomic mass is 10.1. The van der Waals surface area contributed by atoms with E-state index in [1.165, 1.54) is 12.1 Å². The molecular weight excluding hydrogens is 463 g/mol. The van der Waals surface area contributed by atoms with E-state index in [0.717, 1.165) is 6.26 Å². The summed E-state index contributed by atoms with van der Waals surface area (Å²) in [6, 6.07) is 13.4. The van der Waals surface area contributed by atoms with Crippen molar-refractivity contribution in [1.82, 2.24) is 0 Å². The maximum Gasteiger partial charge on any atom is 0.206 e. The smallest absolute Gasteiger partial charge is 0.206 e. The summed E-state index contributed by atoms with van der Waals surface area (Å²) in [5, 5.41) is 0.531. The lowest BCUT2D eigenvalue weighted by Crippen LogP contribution is -2.07. The van der Waals surface area contributed by atoms with Gasteiger partial charge in [-0.3, -0.25) is 4.79 Å². The SMILES string of the molecule is CC.CC.CS(=O)(=O)c1ccc(-c2oc3ccccc3c(=O)c2I)cc1. The molecular formula is C20H23IO4S. The molecule has 4 nitrogen and oxygen atoms in total. The molecule has 0 aliphatic heterocycles. The number of hydrogen-bond donors (Lipinski definition) is 0. The molecule has 0 spiro atoms. The predicted molar refractivity (Wildman–Crippen MR) is 116 cm³/mol. The Morgan fingerprint density at radius 3 is 1.96 bits per heavy atom. The molecule has 6 heteroatoms. The normalized spacial score (nSPS) is 10.4. The Bertz CT molecular complexity index is 1020. The second-order valence-corrected chi connectivity index (χ2v) is 7.96. The van der Waals surface area contributed by atoms with Crippen molar-refractivity contribution in [2.75, 3.05) is 6.26 Å². The predicted octanol–water partition coefficient (Wildman–Crippen LogP) is 5.52. The molecule has 0 saturated heterocycles. The van der Waals surface area contributed by atoms with Crippen LogP contribution in [0.5, 0.6) is 0 Å². The molecule has 26 heavy (non-hydrogen) atoms. The first-order valence-corrected chi connectivity index (χ1v) is 11.4. The van der Waals surface area contributed by atoms with Crippen LogP contribution in [0.4, 0.5) is 0 Å². The highest BCUT2D eigenvalue weighted by molar-refractivity contribution is 14.1. The highest BCUT2D eigenvalue weighted by atomic mass is 127. The van der Waals surface area contributed by atoms with E-state index in [2.05, 4.69) is 0 Å². The third-order valence-corrected chi connectivity index (χ3v) is 5.40. The summed E-state index contributed by atoms with van der Waals surface area (Å²) in [5.41, 5.74) is 1.08. The number of fused-ring (bicyclic) bond motifs is 1. The zero-order valence-corrected chi connectivity index (χ0v) is 18.5. The van der Waals surface area contributed by atoms with Gasteiger partial charge in [0.05, 0.1) is 10.3 Å². The van der Waals surface area contributed by atoms with Crippen molar-refractivity contribution in [3.8, 4) is 11.3 Å². The van der Waals surface area contributed by atoms with Gasteiger partial charge in [0.1, 0.15) is 9.15 Å². The Hall–Kier alpha value is -1.67. The number of sulfone groups is 1. The summed E-state index contributed by atoms with van der Waals surface area (Å²) < 4.78 is 29.3. The van der Waals surface area contributed by atoms with E-state index in [-0.39, 0.29) is 10.3 Å². The Morgan fingerprint density at radius 2 is 1.42 bits per heavy atom. The van der Waals surface area contributed by atoms with Gasteiger partial charge in [-0.1, -0.05) is 39.8 Å². The molecule has 3 aromatic rings. The first-order chi connectivity index (χ1) is 12.4. The molecule has 0 unspecified atom stereocenters. The lowest BCUT2D eigenvalue weighted by molar-refractivity contribution is 0.601. The van der Waals surface area contributed by atoms with Crippen molar-refractivity contribution in [1.29, 1.82) is 0 Å². The Kier molecular flexibility index (Phi) is 8.49. The summed E-state index contributed by atoms with van der Waals surface area (Å²) in [7, 11) is -3.25. The third kappa shape index (κ3) is 4.94. The molecule has 0 amide bonds. The molecule has 140 valence electrons. The van der Waals surface area contributed by atoms with Gasteiger partial charge in [-0.05, 0) is 59.0 Å². The summed E-state index contributed by atoms with van der Waals surface area (Å²) in [6.07, 6.45) is 1.15. The van der Waals surface area contributed by atoms with Gasteiger partial charge in [0.15, 0.2) is 15.6 Å². The molecule has 0 saturated carbocycles. The van der Waals surface area contributed by atoms with Crippen molar-refractivity contribution in [3.05, 3.63) is 62.3 Å². The van der Waals surface area contributed by atoms with Gasteiger partial charge in [0.2, 0.25) is 5.43 Å². The minimum atomic E-state index is -3.25. The van der Waals surface area contributed by atoms with Gasteiger partial charge in [-0.2, -0.15) is 0 Å². The van der Waals surface area contributed by atoms with Crippen LogP contribution in [-0.4, -0.2) is 14.7 Å². The van der Waals surface area contributed by atoms with Crippen LogP contribution in [0.1, 0.15) is 27.7 Å². The zero-order valence-electron chi connectivity index (χ0n) is 15.5. The van der Waals surface area contributed by atoms with Crippen molar-refractivity contribution in [2.24, 2.45) is 0 Å². The van der Waals surface area contributed by atoms with Crippen LogP contribution in [0.15, 0.2) is 62.6 Å². The number of halogens is 1. The summed E-state index contributed by atoms with van der Waals surface area (Å²) in [6.45, 7) is 8.00.